The lowest BCUT2D eigenvalue weighted by Gasteiger charge is -2.14. The van der Waals surface area contributed by atoms with Crippen molar-refractivity contribution in [2.75, 3.05) is 24.5 Å². The fourth-order valence-corrected chi connectivity index (χ4v) is 2.97. The van der Waals surface area contributed by atoms with Crippen molar-refractivity contribution >= 4 is 17.6 Å². The lowest BCUT2D eigenvalue weighted by molar-refractivity contribution is -0.125. The van der Waals surface area contributed by atoms with Crippen molar-refractivity contribution in [3.05, 3.63) is 29.8 Å². The molecule has 0 radical (unpaired) electrons. The zero-order valence-corrected chi connectivity index (χ0v) is 15.1. The summed E-state index contributed by atoms with van der Waals surface area (Å²) in [6, 6.07) is 7.52. The van der Waals surface area contributed by atoms with Crippen molar-refractivity contribution in [2.45, 2.75) is 39.5 Å². The lowest BCUT2D eigenvalue weighted by Crippen LogP contribution is -2.30. The third-order valence-corrected chi connectivity index (χ3v) is 4.26. The summed E-state index contributed by atoms with van der Waals surface area (Å²) in [6.45, 7) is 5.93. The molecular formula is C20H27N3O2. The molecule has 5 nitrogen and oxygen atoms in total. The van der Waals surface area contributed by atoms with Crippen LogP contribution in [0.25, 0.3) is 0 Å². The van der Waals surface area contributed by atoms with Crippen LogP contribution in [-0.4, -0.2) is 31.6 Å². The number of anilines is 1. The second-order valence-corrected chi connectivity index (χ2v) is 6.22. The normalized spacial score (nSPS) is 13.4. The average Bonchev–Trinajstić information content (AvgIpc) is 3.05. The van der Waals surface area contributed by atoms with Gasteiger partial charge in [-0.1, -0.05) is 38.5 Å². The summed E-state index contributed by atoms with van der Waals surface area (Å²) in [7, 11) is 0. The molecule has 0 spiro atoms. The predicted octanol–water partition coefficient (Wildman–Crippen LogP) is 2.90. The molecular weight excluding hydrogens is 314 g/mol. The number of rotatable bonds is 7. The highest BCUT2D eigenvalue weighted by Crippen LogP contribution is 2.17. The van der Waals surface area contributed by atoms with E-state index in [1.165, 1.54) is 0 Å². The largest absolute Gasteiger partial charge is 0.345 e. The Labute approximate surface area is 150 Å². The minimum absolute atomic E-state index is 0.0599. The Hall–Kier alpha value is -2.48. The van der Waals surface area contributed by atoms with Crippen LogP contribution in [0.1, 0.15) is 45.1 Å². The standard InChI is InChI=1S/C20H27N3O2/c1-3-6-17(7-4-2)19(24)21-13-5-8-16-9-11-18(12-10-16)23-15-14-22-20(23)25/h9-12,17H,3-4,6-7,13-15H2,1-2H3,(H,21,24)(H,22,25). The van der Waals surface area contributed by atoms with Gasteiger partial charge < -0.3 is 10.6 Å². The molecule has 1 heterocycles. The smallest absolute Gasteiger partial charge is 0.321 e. The molecule has 3 amide bonds. The van der Waals surface area contributed by atoms with Gasteiger partial charge in [-0.2, -0.15) is 0 Å². The number of hydrogen-bond donors (Lipinski definition) is 2. The van der Waals surface area contributed by atoms with E-state index in [1.54, 1.807) is 4.90 Å². The molecule has 25 heavy (non-hydrogen) atoms. The van der Waals surface area contributed by atoms with E-state index in [4.69, 9.17) is 0 Å². The van der Waals surface area contributed by atoms with Gasteiger partial charge in [0.2, 0.25) is 5.91 Å². The molecule has 2 rings (SSSR count). The Morgan fingerprint density at radius 2 is 1.92 bits per heavy atom. The molecule has 0 aliphatic carbocycles. The highest BCUT2D eigenvalue weighted by atomic mass is 16.2. The van der Waals surface area contributed by atoms with Crippen LogP contribution >= 0.6 is 0 Å². The van der Waals surface area contributed by atoms with Gasteiger partial charge in [0.25, 0.3) is 0 Å². The minimum atomic E-state index is -0.0599. The van der Waals surface area contributed by atoms with E-state index in [0.29, 0.717) is 19.6 Å². The number of hydrogen-bond acceptors (Lipinski definition) is 2. The van der Waals surface area contributed by atoms with Crippen molar-refractivity contribution < 1.29 is 9.59 Å². The first-order chi connectivity index (χ1) is 12.2. The second kappa shape index (κ2) is 9.73. The molecule has 1 aliphatic rings. The summed E-state index contributed by atoms with van der Waals surface area (Å²) >= 11 is 0. The van der Waals surface area contributed by atoms with Gasteiger partial charge in [0, 0.05) is 30.3 Å². The van der Waals surface area contributed by atoms with Crippen molar-refractivity contribution in [3.63, 3.8) is 0 Å². The van der Waals surface area contributed by atoms with Crippen LogP contribution in [0.2, 0.25) is 0 Å². The fourth-order valence-electron chi connectivity index (χ4n) is 2.97. The number of nitrogens with one attached hydrogen (secondary N) is 2. The minimum Gasteiger partial charge on any atom is -0.345 e. The Balaban J connectivity index is 1.84. The highest BCUT2D eigenvalue weighted by molar-refractivity contribution is 5.94. The molecule has 0 atom stereocenters. The van der Waals surface area contributed by atoms with Crippen LogP contribution in [0.3, 0.4) is 0 Å². The van der Waals surface area contributed by atoms with Crippen molar-refractivity contribution in [3.8, 4) is 11.8 Å². The van der Waals surface area contributed by atoms with Gasteiger partial charge >= 0.3 is 6.03 Å². The number of benzene rings is 1. The lowest BCUT2D eigenvalue weighted by atomic mass is 9.97. The van der Waals surface area contributed by atoms with Gasteiger partial charge in [0.1, 0.15) is 0 Å². The van der Waals surface area contributed by atoms with Gasteiger partial charge in [-0.05, 0) is 37.1 Å². The third-order valence-electron chi connectivity index (χ3n) is 4.26. The third kappa shape index (κ3) is 5.53. The van der Waals surface area contributed by atoms with Crippen molar-refractivity contribution in [2.24, 2.45) is 5.92 Å². The van der Waals surface area contributed by atoms with Crippen molar-refractivity contribution in [1.29, 1.82) is 0 Å². The molecule has 1 aliphatic heterocycles. The highest BCUT2D eigenvalue weighted by Gasteiger charge is 2.20. The van der Waals surface area contributed by atoms with Crippen LogP contribution in [0.4, 0.5) is 10.5 Å². The van der Waals surface area contributed by atoms with Crippen LogP contribution < -0.4 is 15.5 Å². The molecule has 0 bridgehead atoms. The second-order valence-electron chi connectivity index (χ2n) is 6.22. The van der Waals surface area contributed by atoms with E-state index < -0.39 is 0 Å². The van der Waals surface area contributed by atoms with E-state index in [0.717, 1.165) is 36.9 Å². The zero-order valence-electron chi connectivity index (χ0n) is 15.1. The summed E-state index contributed by atoms with van der Waals surface area (Å²) in [6.07, 6.45) is 3.90. The number of amides is 3. The van der Waals surface area contributed by atoms with E-state index in [9.17, 15) is 9.59 Å². The Morgan fingerprint density at radius 3 is 2.48 bits per heavy atom. The number of urea groups is 1. The summed E-state index contributed by atoms with van der Waals surface area (Å²) in [5.74, 6) is 6.25. The van der Waals surface area contributed by atoms with E-state index in [-0.39, 0.29) is 17.9 Å². The van der Waals surface area contributed by atoms with Crippen LogP contribution in [-0.2, 0) is 4.79 Å². The number of carbonyl (C=O) groups excluding carboxylic acids is 2. The molecule has 2 N–H and O–H groups in total. The molecule has 1 saturated heterocycles. The maximum absolute atomic E-state index is 12.1. The number of nitrogens with zero attached hydrogens (tertiary/aromatic N) is 1. The summed E-state index contributed by atoms with van der Waals surface area (Å²) in [5, 5.41) is 5.69. The molecule has 1 aromatic carbocycles. The molecule has 0 saturated carbocycles. The molecule has 1 aromatic rings. The molecule has 134 valence electrons. The zero-order chi connectivity index (χ0) is 18.1. The first-order valence-electron chi connectivity index (χ1n) is 9.07. The Kier molecular flexibility index (Phi) is 7.34. The van der Waals surface area contributed by atoms with Crippen molar-refractivity contribution in [1.82, 2.24) is 10.6 Å². The van der Waals surface area contributed by atoms with Gasteiger partial charge in [-0.25, -0.2) is 4.79 Å². The quantitative estimate of drug-likeness (QED) is 0.749. The molecule has 0 aromatic heterocycles. The maximum atomic E-state index is 12.1. The van der Waals surface area contributed by atoms with Gasteiger partial charge in [0.05, 0.1) is 6.54 Å². The first-order valence-corrected chi connectivity index (χ1v) is 9.07. The predicted molar refractivity (Wildman–Crippen MR) is 100 cm³/mol. The summed E-state index contributed by atoms with van der Waals surface area (Å²) < 4.78 is 0. The molecule has 5 heteroatoms. The van der Waals surface area contributed by atoms with Gasteiger partial charge in [-0.3, -0.25) is 9.69 Å². The monoisotopic (exact) mass is 341 g/mol. The van der Waals surface area contributed by atoms with Crippen LogP contribution in [0.15, 0.2) is 24.3 Å². The fraction of sp³-hybridized carbons (Fsp3) is 0.500. The summed E-state index contributed by atoms with van der Waals surface area (Å²) in [4.78, 5) is 25.5. The molecule has 0 unspecified atom stereocenters. The SMILES string of the molecule is CCCC(CCC)C(=O)NCC#Cc1ccc(N2CCNC2=O)cc1. The van der Waals surface area contributed by atoms with Gasteiger partial charge in [0.15, 0.2) is 0 Å². The van der Waals surface area contributed by atoms with E-state index in [2.05, 4.69) is 36.3 Å². The topological polar surface area (TPSA) is 61.4 Å². The first kappa shape index (κ1) is 18.9. The van der Waals surface area contributed by atoms with Gasteiger partial charge in [-0.15, -0.1) is 0 Å². The van der Waals surface area contributed by atoms with Crippen LogP contribution in [0.5, 0.6) is 0 Å². The van der Waals surface area contributed by atoms with E-state index >= 15 is 0 Å². The van der Waals surface area contributed by atoms with Crippen LogP contribution in [0, 0.1) is 17.8 Å². The Bertz CT molecular complexity index is 637. The average molecular weight is 341 g/mol. The summed E-state index contributed by atoms with van der Waals surface area (Å²) in [5.41, 5.74) is 1.74. The number of carbonyl (C=O) groups is 2. The van der Waals surface area contributed by atoms with E-state index in [1.807, 2.05) is 24.3 Å². The Morgan fingerprint density at radius 1 is 1.24 bits per heavy atom. The maximum Gasteiger partial charge on any atom is 0.321 e. The molecule has 1 fully saturated rings.